The molecule has 1 aromatic carbocycles. The monoisotopic (exact) mass is 254 g/mol. The Balaban J connectivity index is 2.06. The van der Waals surface area contributed by atoms with E-state index in [-0.39, 0.29) is 0 Å². The molecule has 0 saturated heterocycles. The highest BCUT2D eigenvalue weighted by Gasteiger charge is 2.04. The van der Waals surface area contributed by atoms with E-state index >= 15 is 0 Å². The van der Waals surface area contributed by atoms with Crippen molar-refractivity contribution >= 4 is 11.8 Å². The molecular weight excluding hydrogens is 236 g/mol. The van der Waals surface area contributed by atoms with Crippen LogP contribution in [0.5, 0.6) is 0 Å². The lowest BCUT2D eigenvalue weighted by Gasteiger charge is -2.18. The second-order valence-electron chi connectivity index (χ2n) is 4.25. The van der Waals surface area contributed by atoms with Crippen molar-refractivity contribution < 1.29 is 0 Å². The average Bonchev–Trinajstić information content (AvgIpc) is 2.46. The second kappa shape index (κ2) is 6.54. The smallest absolute Gasteiger partial charge is 0.224 e. The van der Waals surface area contributed by atoms with Crippen molar-refractivity contribution in [1.29, 1.82) is 0 Å². The lowest BCUT2D eigenvalue weighted by Crippen LogP contribution is -2.18. The van der Waals surface area contributed by atoms with Gasteiger partial charge in [0, 0.05) is 26.3 Å². The molecule has 0 fully saturated rings. The van der Waals surface area contributed by atoms with Crippen molar-refractivity contribution in [3.8, 4) is 0 Å². The van der Waals surface area contributed by atoms with Crippen molar-refractivity contribution in [2.75, 3.05) is 23.8 Å². The Morgan fingerprint density at radius 2 is 2.05 bits per heavy atom. The molecule has 1 heterocycles. The van der Waals surface area contributed by atoms with Crippen molar-refractivity contribution in [2.45, 2.75) is 6.54 Å². The first-order valence-corrected chi connectivity index (χ1v) is 6.22. The summed E-state index contributed by atoms with van der Waals surface area (Å²) in [7, 11) is 2.02. The van der Waals surface area contributed by atoms with Crippen LogP contribution in [0, 0.1) is 0 Å². The molecule has 0 atom stereocenters. The Morgan fingerprint density at radius 3 is 2.79 bits per heavy atom. The number of nitrogens with one attached hydrogen (secondary N) is 1. The van der Waals surface area contributed by atoms with Crippen LogP contribution in [-0.2, 0) is 6.54 Å². The van der Waals surface area contributed by atoms with Crippen LogP contribution in [-0.4, -0.2) is 23.6 Å². The molecule has 19 heavy (non-hydrogen) atoms. The molecule has 2 aromatic rings. The van der Waals surface area contributed by atoms with E-state index in [0.29, 0.717) is 12.5 Å². The van der Waals surface area contributed by atoms with E-state index in [1.807, 2.05) is 31.3 Å². The van der Waals surface area contributed by atoms with Crippen molar-refractivity contribution in [3.05, 3.63) is 60.8 Å². The van der Waals surface area contributed by atoms with Gasteiger partial charge in [-0.25, -0.2) is 4.98 Å². The molecule has 98 valence electrons. The van der Waals surface area contributed by atoms with Crippen molar-refractivity contribution in [3.63, 3.8) is 0 Å². The molecular formula is C15H18N4. The van der Waals surface area contributed by atoms with Crippen LogP contribution in [0.25, 0.3) is 0 Å². The molecule has 4 nitrogen and oxygen atoms in total. The fourth-order valence-corrected chi connectivity index (χ4v) is 1.75. The van der Waals surface area contributed by atoms with Gasteiger partial charge in [0.2, 0.25) is 5.95 Å². The third kappa shape index (κ3) is 3.81. The summed E-state index contributed by atoms with van der Waals surface area (Å²) in [6, 6.07) is 12.2. The summed E-state index contributed by atoms with van der Waals surface area (Å²) in [6.07, 6.45) is 3.54. The average molecular weight is 254 g/mol. The van der Waals surface area contributed by atoms with E-state index in [0.717, 1.165) is 12.4 Å². The SMILES string of the molecule is C=CCNc1nccc(N(C)Cc2ccccc2)n1. The Kier molecular flexibility index (Phi) is 4.50. The Bertz CT molecular complexity index is 525. The van der Waals surface area contributed by atoms with Gasteiger partial charge >= 0.3 is 0 Å². The largest absolute Gasteiger partial charge is 0.355 e. The van der Waals surface area contributed by atoms with Gasteiger partial charge in [0.05, 0.1) is 0 Å². The van der Waals surface area contributed by atoms with Gasteiger partial charge in [0.15, 0.2) is 0 Å². The topological polar surface area (TPSA) is 41.1 Å². The minimum atomic E-state index is 0.623. The number of aromatic nitrogens is 2. The standard InChI is InChI=1S/C15H18N4/c1-3-10-16-15-17-11-9-14(18-15)19(2)12-13-7-5-4-6-8-13/h3-9,11H,1,10,12H2,2H3,(H,16,17,18). The van der Waals surface area contributed by atoms with Crippen molar-refractivity contribution in [2.24, 2.45) is 0 Å². The van der Waals surface area contributed by atoms with Crippen LogP contribution in [0.3, 0.4) is 0 Å². The van der Waals surface area contributed by atoms with E-state index in [4.69, 9.17) is 0 Å². The van der Waals surface area contributed by atoms with Crippen LogP contribution in [0.15, 0.2) is 55.3 Å². The molecule has 0 aliphatic rings. The van der Waals surface area contributed by atoms with Gasteiger partial charge < -0.3 is 10.2 Å². The van der Waals surface area contributed by atoms with Crippen LogP contribution in [0.2, 0.25) is 0 Å². The number of anilines is 2. The minimum absolute atomic E-state index is 0.623. The van der Waals surface area contributed by atoms with Crippen LogP contribution in [0.4, 0.5) is 11.8 Å². The van der Waals surface area contributed by atoms with E-state index in [9.17, 15) is 0 Å². The molecule has 0 aliphatic carbocycles. The minimum Gasteiger partial charge on any atom is -0.355 e. The molecule has 1 aromatic heterocycles. The number of rotatable bonds is 6. The van der Waals surface area contributed by atoms with Gasteiger partial charge in [0.1, 0.15) is 5.82 Å². The van der Waals surface area contributed by atoms with Gasteiger partial charge in [-0.15, -0.1) is 6.58 Å². The van der Waals surface area contributed by atoms with Crippen LogP contribution < -0.4 is 10.2 Å². The predicted molar refractivity (Wildman–Crippen MR) is 79.3 cm³/mol. The second-order valence-corrected chi connectivity index (χ2v) is 4.25. The number of benzene rings is 1. The summed E-state index contributed by atoms with van der Waals surface area (Å²) >= 11 is 0. The van der Waals surface area contributed by atoms with Gasteiger partial charge in [-0.2, -0.15) is 4.98 Å². The fraction of sp³-hybridized carbons (Fsp3) is 0.200. The molecule has 0 aliphatic heterocycles. The molecule has 2 rings (SSSR count). The van der Waals surface area contributed by atoms with Crippen molar-refractivity contribution in [1.82, 2.24) is 9.97 Å². The third-order valence-corrected chi connectivity index (χ3v) is 2.70. The molecule has 0 bridgehead atoms. The maximum atomic E-state index is 4.46. The fourth-order valence-electron chi connectivity index (χ4n) is 1.75. The quantitative estimate of drug-likeness (QED) is 0.805. The third-order valence-electron chi connectivity index (χ3n) is 2.70. The molecule has 0 unspecified atom stereocenters. The summed E-state index contributed by atoms with van der Waals surface area (Å²) in [5.74, 6) is 1.52. The molecule has 0 radical (unpaired) electrons. The normalized spacial score (nSPS) is 9.95. The molecule has 1 N–H and O–H groups in total. The molecule has 4 heteroatoms. The zero-order valence-corrected chi connectivity index (χ0v) is 11.1. The zero-order chi connectivity index (χ0) is 13.5. The first-order valence-electron chi connectivity index (χ1n) is 6.22. The number of hydrogen-bond donors (Lipinski definition) is 1. The van der Waals surface area contributed by atoms with E-state index < -0.39 is 0 Å². The summed E-state index contributed by atoms with van der Waals surface area (Å²) in [5, 5.41) is 3.09. The molecule has 0 spiro atoms. The zero-order valence-electron chi connectivity index (χ0n) is 11.1. The molecule has 0 amide bonds. The highest BCUT2D eigenvalue weighted by Crippen LogP contribution is 2.13. The van der Waals surface area contributed by atoms with Gasteiger partial charge in [-0.1, -0.05) is 36.4 Å². The summed E-state index contributed by atoms with van der Waals surface area (Å²) in [6.45, 7) is 5.14. The number of nitrogens with zero attached hydrogens (tertiary/aromatic N) is 3. The predicted octanol–water partition coefficient (Wildman–Crippen LogP) is 2.71. The highest BCUT2D eigenvalue weighted by atomic mass is 15.2. The van der Waals surface area contributed by atoms with E-state index in [2.05, 4.69) is 38.9 Å². The maximum Gasteiger partial charge on any atom is 0.224 e. The summed E-state index contributed by atoms with van der Waals surface area (Å²) < 4.78 is 0. The number of hydrogen-bond acceptors (Lipinski definition) is 4. The Hall–Kier alpha value is -2.36. The summed E-state index contributed by atoms with van der Waals surface area (Å²) in [5.41, 5.74) is 1.25. The maximum absolute atomic E-state index is 4.46. The van der Waals surface area contributed by atoms with Crippen LogP contribution >= 0.6 is 0 Å². The van der Waals surface area contributed by atoms with Crippen LogP contribution in [0.1, 0.15) is 5.56 Å². The Labute approximate surface area is 113 Å². The van der Waals surface area contributed by atoms with E-state index in [1.54, 1.807) is 12.3 Å². The van der Waals surface area contributed by atoms with Gasteiger partial charge in [-0.05, 0) is 11.6 Å². The Morgan fingerprint density at radius 1 is 1.26 bits per heavy atom. The van der Waals surface area contributed by atoms with Gasteiger partial charge in [0.25, 0.3) is 0 Å². The lowest BCUT2D eigenvalue weighted by molar-refractivity contribution is 0.891. The lowest BCUT2D eigenvalue weighted by atomic mass is 10.2. The van der Waals surface area contributed by atoms with Gasteiger partial charge in [-0.3, -0.25) is 0 Å². The first-order chi connectivity index (χ1) is 9.29. The molecule has 0 saturated carbocycles. The highest BCUT2D eigenvalue weighted by molar-refractivity contribution is 5.42. The summed E-state index contributed by atoms with van der Waals surface area (Å²) in [4.78, 5) is 10.7. The van der Waals surface area contributed by atoms with E-state index in [1.165, 1.54) is 5.56 Å². The first kappa shape index (κ1) is 13.1.